The normalized spacial score (nSPS) is 11.9. The van der Waals surface area contributed by atoms with Crippen LogP contribution in [0.1, 0.15) is 26.3 Å². The van der Waals surface area contributed by atoms with E-state index in [9.17, 15) is 14.7 Å². The van der Waals surface area contributed by atoms with Gasteiger partial charge in [-0.3, -0.25) is 4.98 Å². The number of amides is 1. The average molecular weight is 453 g/mol. The number of carbonyl (C=O) groups excluding carboxylic acids is 1. The van der Waals surface area contributed by atoms with E-state index >= 15 is 0 Å². The Hall–Kier alpha value is -3.65. The molecule has 0 saturated heterocycles. The van der Waals surface area contributed by atoms with E-state index in [4.69, 9.17) is 14.2 Å². The number of hydrogen-bond donors (Lipinski definition) is 1. The van der Waals surface area contributed by atoms with E-state index in [1.54, 1.807) is 44.3 Å². The van der Waals surface area contributed by atoms with Gasteiger partial charge in [-0.25, -0.2) is 14.5 Å². The molecule has 2 aromatic carbocycles. The van der Waals surface area contributed by atoms with Crippen molar-refractivity contribution in [3.63, 3.8) is 0 Å². The summed E-state index contributed by atoms with van der Waals surface area (Å²) in [5.41, 5.74) is 2.40. The molecule has 3 rings (SSSR count). The molecular weight excluding hydrogens is 424 g/mol. The van der Waals surface area contributed by atoms with Crippen molar-refractivity contribution in [2.24, 2.45) is 0 Å². The molecule has 1 unspecified atom stereocenters. The minimum absolute atomic E-state index is 0.124. The Morgan fingerprint density at radius 1 is 1.09 bits per heavy atom. The van der Waals surface area contributed by atoms with Crippen molar-refractivity contribution >= 4 is 34.3 Å². The highest BCUT2D eigenvalue weighted by Crippen LogP contribution is 2.38. The molecule has 0 aliphatic rings. The van der Waals surface area contributed by atoms with E-state index < -0.39 is 18.2 Å². The molecule has 174 valence electrons. The zero-order valence-corrected chi connectivity index (χ0v) is 19.1. The maximum atomic E-state index is 13.0. The van der Waals surface area contributed by atoms with Crippen molar-refractivity contribution in [3.8, 4) is 5.75 Å². The highest BCUT2D eigenvalue weighted by atomic mass is 16.5. The van der Waals surface area contributed by atoms with E-state index in [1.165, 1.54) is 12.0 Å². The van der Waals surface area contributed by atoms with E-state index in [0.29, 0.717) is 34.8 Å². The van der Waals surface area contributed by atoms with E-state index in [0.717, 1.165) is 5.39 Å². The molecule has 0 spiro atoms. The van der Waals surface area contributed by atoms with Crippen LogP contribution in [0.3, 0.4) is 0 Å². The van der Waals surface area contributed by atoms with Gasteiger partial charge in [-0.05, 0) is 50.6 Å². The first-order chi connectivity index (χ1) is 15.8. The second-order valence-corrected chi connectivity index (χ2v) is 7.60. The Labute approximate surface area is 192 Å². The van der Waals surface area contributed by atoms with Gasteiger partial charge in [0.05, 0.1) is 36.7 Å². The van der Waals surface area contributed by atoms with Crippen LogP contribution in [0.4, 0.5) is 16.2 Å². The summed E-state index contributed by atoms with van der Waals surface area (Å²) in [6.07, 6.45) is -0.141. The second kappa shape index (κ2) is 10.8. The molecule has 1 atom stereocenters. The summed E-state index contributed by atoms with van der Waals surface area (Å²) in [6.45, 7) is 5.80. The first-order valence-corrected chi connectivity index (χ1v) is 10.7. The summed E-state index contributed by atoms with van der Waals surface area (Å²) in [5, 5.41) is 10.3. The number of methoxy groups -OCH3 is 1. The van der Waals surface area contributed by atoms with Gasteiger partial charge < -0.3 is 19.3 Å². The fourth-order valence-corrected chi connectivity index (χ4v) is 3.57. The van der Waals surface area contributed by atoms with Crippen molar-refractivity contribution in [1.82, 2.24) is 4.98 Å². The number of benzene rings is 2. The third-order valence-electron chi connectivity index (χ3n) is 4.92. The zero-order chi connectivity index (χ0) is 24.0. The maximum Gasteiger partial charge on any atom is 0.418 e. The molecule has 1 N–H and O–H groups in total. The van der Waals surface area contributed by atoms with Gasteiger partial charge >= 0.3 is 12.1 Å². The smallest absolute Gasteiger partial charge is 0.418 e. The lowest BCUT2D eigenvalue weighted by Gasteiger charge is -2.26. The largest absolute Gasteiger partial charge is 0.492 e. The molecule has 8 nitrogen and oxygen atoms in total. The predicted octanol–water partition coefficient (Wildman–Crippen LogP) is 4.96. The number of nitrogens with zero attached hydrogens (tertiary/aromatic N) is 2. The predicted molar refractivity (Wildman–Crippen MR) is 125 cm³/mol. The number of ether oxygens (including phenoxy) is 3. The molecule has 3 aromatic rings. The van der Waals surface area contributed by atoms with Crippen LogP contribution in [-0.4, -0.2) is 48.1 Å². The van der Waals surface area contributed by atoms with Gasteiger partial charge in [0, 0.05) is 18.0 Å². The molecule has 0 aliphatic heterocycles. The van der Waals surface area contributed by atoms with Crippen LogP contribution in [0, 0.1) is 0 Å². The Kier molecular flexibility index (Phi) is 7.84. The van der Waals surface area contributed by atoms with Crippen molar-refractivity contribution in [1.29, 1.82) is 0 Å². The van der Waals surface area contributed by atoms with Crippen LogP contribution in [0.2, 0.25) is 0 Å². The third kappa shape index (κ3) is 5.59. The quantitative estimate of drug-likeness (QED) is 0.490. The highest BCUT2D eigenvalue weighted by Gasteiger charge is 2.26. The molecule has 1 amide bonds. The number of pyridine rings is 1. The SMILES string of the molecule is CCOc1ccc(CC(OC(C)C)C(=O)O)cc1N(C(=O)OC)c1ccnc2ccccc12. The molecule has 0 saturated carbocycles. The number of carboxylic acid groups (broad SMARTS) is 1. The molecule has 8 heteroatoms. The Morgan fingerprint density at radius 2 is 1.85 bits per heavy atom. The van der Waals surface area contributed by atoms with Crippen LogP contribution in [0.25, 0.3) is 10.9 Å². The molecule has 0 aliphatic carbocycles. The van der Waals surface area contributed by atoms with Crippen LogP contribution in [0.15, 0.2) is 54.7 Å². The van der Waals surface area contributed by atoms with Crippen LogP contribution in [0.5, 0.6) is 5.75 Å². The van der Waals surface area contributed by atoms with Crippen molar-refractivity contribution in [2.45, 2.75) is 39.4 Å². The molecule has 0 bridgehead atoms. The van der Waals surface area contributed by atoms with Crippen molar-refractivity contribution in [3.05, 3.63) is 60.3 Å². The van der Waals surface area contributed by atoms with Gasteiger partial charge in [-0.1, -0.05) is 24.3 Å². The number of para-hydroxylation sites is 1. The number of fused-ring (bicyclic) bond motifs is 1. The summed E-state index contributed by atoms with van der Waals surface area (Å²) in [5.74, 6) is -0.590. The second-order valence-electron chi connectivity index (χ2n) is 7.60. The number of carboxylic acids is 1. The number of hydrogen-bond acceptors (Lipinski definition) is 6. The number of aliphatic carboxylic acids is 1. The molecule has 0 radical (unpaired) electrons. The molecule has 0 fully saturated rings. The molecule has 1 heterocycles. The number of anilines is 2. The standard InChI is InChI=1S/C25H28N2O6/c1-5-32-22-11-10-17(15-23(24(28)29)33-16(2)3)14-21(22)27(25(30)31-4)20-12-13-26-19-9-7-6-8-18(19)20/h6-14,16,23H,5,15H2,1-4H3,(H,28,29). The Morgan fingerprint density at radius 3 is 2.52 bits per heavy atom. The fourth-order valence-electron chi connectivity index (χ4n) is 3.57. The minimum Gasteiger partial charge on any atom is -0.492 e. The summed E-state index contributed by atoms with van der Waals surface area (Å²) < 4.78 is 16.5. The van der Waals surface area contributed by atoms with Gasteiger partial charge in [-0.15, -0.1) is 0 Å². The van der Waals surface area contributed by atoms with Gasteiger partial charge in [0.25, 0.3) is 0 Å². The van der Waals surface area contributed by atoms with E-state index in [-0.39, 0.29) is 12.5 Å². The first kappa shape index (κ1) is 24.0. The fraction of sp³-hybridized carbons (Fsp3) is 0.320. The number of rotatable bonds is 9. The number of aromatic nitrogens is 1. The number of carbonyl (C=O) groups is 2. The summed E-state index contributed by atoms with van der Waals surface area (Å²) in [4.78, 5) is 30.5. The van der Waals surface area contributed by atoms with Crippen molar-refractivity contribution < 1.29 is 28.9 Å². The Balaban J connectivity index is 2.15. The maximum absolute atomic E-state index is 13.0. The zero-order valence-electron chi connectivity index (χ0n) is 19.1. The van der Waals surface area contributed by atoms with Crippen LogP contribution >= 0.6 is 0 Å². The van der Waals surface area contributed by atoms with E-state index in [1.807, 2.05) is 31.2 Å². The topological polar surface area (TPSA) is 98.2 Å². The minimum atomic E-state index is -1.05. The summed E-state index contributed by atoms with van der Waals surface area (Å²) in [6, 6.07) is 14.4. The average Bonchev–Trinajstić information content (AvgIpc) is 2.80. The third-order valence-corrected chi connectivity index (χ3v) is 4.92. The monoisotopic (exact) mass is 452 g/mol. The van der Waals surface area contributed by atoms with Crippen LogP contribution in [-0.2, 0) is 20.7 Å². The lowest BCUT2D eigenvalue weighted by Crippen LogP contribution is -2.30. The Bertz CT molecular complexity index is 1130. The van der Waals surface area contributed by atoms with Gasteiger partial charge in [-0.2, -0.15) is 0 Å². The summed E-state index contributed by atoms with van der Waals surface area (Å²) >= 11 is 0. The lowest BCUT2D eigenvalue weighted by molar-refractivity contribution is -0.153. The van der Waals surface area contributed by atoms with Gasteiger partial charge in [0.2, 0.25) is 0 Å². The van der Waals surface area contributed by atoms with Crippen molar-refractivity contribution in [2.75, 3.05) is 18.6 Å². The molecular formula is C25H28N2O6. The summed E-state index contributed by atoms with van der Waals surface area (Å²) in [7, 11) is 1.31. The lowest BCUT2D eigenvalue weighted by atomic mass is 10.0. The van der Waals surface area contributed by atoms with Gasteiger partial charge in [0.15, 0.2) is 6.10 Å². The molecule has 1 aromatic heterocycles. The highest BCUT2D eigenvalue weighted by molar-refractivity contribution is 6.06. The first-order valence-electron chi connectivity index (χ1n) is 10.7. The van der Waals surface area contributed by atoms with E-state index in [2.05, 4.69) is 4.98 Å². The van der Waals surface area contributed by atoms with Crippen LogP contribution < -0.4 is 9.64 Å². The van der Waals surface area contributed by atoms with Gasteiger partial charge in [0.1, 0.15) is 5.75 Å². The molecule has 33 heavy (non-hydrogen) atoms.